The second kappa shape index (κ2) is 12.3. The number of anilines is 2. The molecule has 3 aromatic rings. The van der Waals surface area contributed by atoms with Gasteiger partial charge in [0.15, 0.2) is 0 Å². The molecule has 1 aromatic heterocycles. The summed E-state index contributed by atoms with van der Waals surface area (Å²) in [6.45, 7) is 5.93. The van der Waals surface area contributed by atoms with Crippen LogP contribution in [0.2, 0.25) is 0 Å². The van der Waals surface area contributed by atoms with Crippen LogP contribution in [0.1, 0.15) is 43.6 Å². The van der Waals surface area contributed by atoms with Crippen LogP contribution < -0.4 is 16.0 Å². The van der Waals surface area contributed by atoms with E-state index in [1.165, 1.54) is 29.2 Å². The lowest BCUT2D eigenvalue weighted by Crippen LogP contribution is -2.31. The normalized spacial score (nSPS) is 15.1. The maximum absolute atomic E-state index is 13.5. The van der Waals surface area contributed by atoms with Crippen LogP contribution >= 0.6 is 11.8 Å². The summed E-state index contributed by atoms with van der Waals surface area (Å²) in [6, 6.07) is 21.1. The van der Waals surface area contributed by atoms with Gasteiger partial charge in [0.05, 0.1) is 40.2 Å². The molecule has 2 heterocycles. The van der Waals surface area contributed by atoms with Crippen LogP contribution in [0.15, 0.2) is 93.2 Å². The number of dihydropyridines is 1. The summed E-state index contributed by atoms with van der Waals surface area (Å²) in [5.41, 5.74) is 5.04. The van der Waals surface area contributed by atoms with Gasteiger partial charge in [-0.05, 0) is 67.3 Å². The van der Waals surface area contributed by atoms with Crippen molar-refractivity contribution in [2.24, 2.45) is 0 Å². The Morgan fingerprint density at radius 2 is 1.58 bits per heavy atom. The number of thioether (sulfide) groups is 1. The van der Waals surface area contributed by atoms with Crippen LogP contribution in [0.4, 0.5) is 11.4 Å². The number of nitrogens with one attached hydrogen (secondary N) is 3. The van der Waals surface area contributed by atoms with E-state index in [1.54, 1.807) is 19.1 Å². The molecule has 1 aliphatic heterocycles. The summed E-state index contributed by atoms with van der Waals surface area (Å²) in [6.07, 6.45) is 3.35. The van der Waals surface area contributed by atoms with Gasteiger partial charge in [0, 0.05) is 17.1 Å². The molecule has 2 amide bonds. The first-order chi connectivity index (χ1) is 18.4. The summed E-state index contributed by atoms with van der Waals surface area (Å²) in [4.78, 5) is 26.1. The molecule has 0 bridgehead atoms. The molecule has 3 N–H and O–H groups in total. The van der Waals surface area contributed by atoms with E-state index >= 15 is 0 Å². The van der Waals surface area contributed by atoms with E-state index in [9.17, 15) is 14.9 Å². The first-order valence-corrected chi connectivity index (χ1v) is 13.5. The Bertz CT molecular complexity index is 1400. The summed E-state index contributed by atoms with van der Waals surface area (Å²) in [5, 5.41) is 19.7. The molecule has 38 heavy (non-hydrogen) atoms. The Morgan fingerprint density at radius 3 is 2.11 bits per heavy atom. The van der Waals surface area contributed by atoms with E-state index in [1.807, 2.05) is 48.5 Å². The molecule has 0 saturated carbocycles. The van der Waals surface area contributed by atoms with E-state index in [2.05, 4.69) is 35.9 Å². The van der Waals surface area contributed by atoms with Gasteiger partial charge in [-0.1, -0.05) is 49.9 Å². The molecule has 194 valence electrons. The molecule has 1 unspecified atom stereocenters. The first-order valence-electron chi connectivity index (χ1n) is 12.5. The van der Waals surface area contributed by atoms with Gasteiger partial charge in [-0.3, -0.25) is 9.59 Å². The predicted octanol–water partition coefficient (Wildman–Crippen LogP) is 6.11. The van der Waals surface area contributed by atoms with Gasteiger partial charge >= 0.3 is 0 Å². The third-order valence-corrected chi connectivity index (χ3v) is 7.35. The third-order valence-electron chi connectivity index (χ3n) is 6.33. The number of benzene rings is 2. The topological polar surface area (TPSA) is 107 Å². The van der Waals surface area contributed by atoms with E-state index in [0.29, 0.717) is 39.0 Å². The Kier molecular flexibility index (Phi) is 8.72. The van der Waals surface area contributed by atoms with Crippen LogP contribution in [0, 0.1) is 11.3 Å². The summed E-state index contributed by atoms with van der Waals surface area (Å²) >= 11 is 1.22. The lowest BCUT2D eigenvalue weighted by Gasteiger charge is -2.28. The minimum atomic E-state index is -0.710. The predicted molar refractivity (Wildman–Crippen MR) is 151 cm³/mol. The van der Waals surface area contributed by atoms with Crippen molar-refractivity contribution in [3.63, 3.8) is 0 Å². The molecule has 1 atom stereocenters. The first kappa shape index (κ1) is 26.8. The van der Waals surface area contributed by atoms with Gasteiger partial charge < -0.3 is 20.4 Å². The van der Waals surface area contributed by atoms with Gasteiger partial charge in [0.25, 0.3) is 5.91 Å². The van der Waals surface area contributed by atoms with Crippen molar-refractivity contribution in [3.05, 3.63) is 106 Å². The molecule has 8 heteroatoms. The van der Waals surface area contributed by atoms with E-state index in [0.717, 1.165) is 12.8 Å². The fourth-order valence-electron chi connectivity index (χ4n) is 4.25. The zero-order valence-corrected chi connectivity index (χ0v) is 22.4. The lowest BCUT2D eigenvalue weighted by atomic mass is 9.85. The maximum atomic E-state index is 13.5. The van der Waals surface area contributed by atoms with Gasteiger partial charge in [-0.2, -0.15) is 5.26 Å². The van der Waals surface area contributed by atoms with Crippen LogP contribution in [-0.4, -0.2) is 17.6 Å². The van der Waals surface area contributed by atoms with E-state index in [-0.39, 0.29) is 17.6 Å². The highest BCUT2D eigenvalue weighted by Crippen LogP contribution is 2.41. The standard InChI is InChI=1S/C30H30N4O3S/c1-4-20-8-12-22(13-9-20)33-26(35)18-38-30-24(17-31)28(25-7-6-16-37-25)27(19(3)32-30)29(36)34-23-14-10-21(5-2)11-15-23/h6-16,28,32H,4-5,18H2,1-3H3,(H,33,35)(H,34,36). The minimum Gasteiger partial charge on any atom is -0.468 e. The third kappa shape index (κ3) is 6.18. The fraction of sp³-hybridized carbons (Fsp3) is 0.233. The van der Waals surface area contributed by atoms with Crippen LogP contribution in [0.3, 0.4) is 0 Å². The van der Waals surface area contributed by atoms with Gasteiger partial charge in [0.2, 0.25) is 5.91 Å². The van der Waals surface area contributed by atoms with Crippen LogP contribution in [0.5, 0.6) is 0 Å². The van der Waals surface area contributed by atoms with Gasteiger partial charge in [-0.25, -0.2) is 0 Å². The number of carbonyl (C=O) groups is 2. The number of nitrogens with zero attached hydrogens (tertiary/aromatic N) is 1. The molecule has 2 aromatic carbocycles. The van der Waals surface area contributed by atoms with Crippen molar-refractivity contribution in [2.75, 3.05) is 16.4 Å². The number of hydrogen-bond donors (Lipinski definition) is 3. The molecule has 0 saturated heterocycles. The minimum absolute atomic E-state index is 0.0898. The quantitative estimate of drug-likeness (QED) is 0.311. The molecule has 0 spiro atoms. The highest BCUT2D eigenvalue weighted by atomic mass is 32.2. The van der Waals surface area contributed by atoms with Gasteiger partial charge in [0.1, 0.15) is 5.76 Å². The number of rotatable bonds is 9. The van der Waals surface area contributed by atoms with Crippen LogP contribution in [0.25, 0.3) is 0 Å². The average molecular weight is 527 g/mol. The highest BCUT2D eigenvalue weighted by molar-refractivity contribution is 8.03. The molecule has 0 aliphatic carbocycles. The zero-order chi connectivity index (χ0) is 27.1. The summed E-state index contributed by atoms with van der Waals surface area (Å²) < 4.78 is 5.67. The van der Waals surface area contributed by atoms with Gasteiger partial charge in [-0.15, -0.1) is 0 Å². The highest BCUT2D eigenvalue weighted by Gasteiger charge is 2.36. The second-order valence-electron chi connectivity index (χ2n) is 8.86. The smallest absolute Gasteiger partial charge is 0.254 e. The number of nitriles is 1. The number of carbonyl (C=O) groups excluding carboxylic acids is 2. The Balaban J connectivity index is 1.54. The van der Waals surface area contributed by atoms with Crippen molar-refractivity contribution in [1.29, 1.82) is 5.26 Å². The summed E-state index contributed by atoms with van der Waals surface area (Å²) in [5.74, 6) is -0.662. The Morgan fingerprint density at radius 1 is 0.974 bits per heavy atom. The summed E-state index contributed by atoms with van der Waals surface area (Å²) in [7, 11) is 0. The monoisotopic (exact) mass is 526 g/mol. The molecular formula is C30H30N4O3S. The van der Waals surface area contributed by atoms with E-state index in [4.69, 9.17) is 4.42 Å². The SMILES string of the molecule is CCc1ccc(NC(=O)CSC2=C(C#N)C(c3ccco3)C(C(=O)Nc3ccc(CC)cc3)=C(C)N2)cc1. The molecule has 0 radical (unpaired) electrons. The van der Waals surface area contributed by atoms with Crippen molar-refractivity contribution >= 4 is 35.0 Å². The number of amides is 2. The molecule has 7 nitrogen and oxygen atoms in total. The second-order valence-corrected chi connectivity index (χ2v) is 9.84. The molecule has 1 aliphatic rings. The van der Waals surface area contributed by atoms with Crippen LogP contribution in [-0.2, 0) is 22.4 Å². The number of hydrogen-bond acceptors (Lipinski definition) is 6. The molecule has 0 fully saturated rings. The Labute approximate surface area is 227 Å². The lowest BCUT2D eigenvalue weighted by molar-refractivity contribution is -0.114. The maximum Gasteiger partial charge on any atom is 0.254 e. The van der Waals surface area contributed by atoms with E-state index < -0.39 is 5.92 Å². The zero-order valence-electron chi connectivity index (χ0n) is 21.6. The average Bonchev–Trinajstić information content (AvgIpc) is 3.47. The molecule has 4 rings (SSSR count). The molecular weight excluding hydrogens is 496 g/mol. The van der Waals surface area contributed by atoms with Crippen molar-refractivity contribution < 1.29 is 14.0 Å². The number of furan rings is 1. The van der Waals surface area contributed by atoms with Crippen molar-refractivity contribution in [3.8, 4) is 6.07 Å². The Hall–Kier alpha value is -4.22. The number of allylic oxidation sites excluding steroid dienone is 2. The number of aryl methyl sites for hydroxylation is 2. The fourth-order valence-corrected chi connectivity index (χ4v) is 5.14. The largest absolute Gasteiger partial charge is 0.468 e. The van der Waals surface area contributed by atoms with Crippen molar-refractivity contribution in [1.82, 2.24) is 5.32 Å². The van der Waals surface area contributed by atoms with Crippen molar-refractivity contribution in [2.45, 2.75) is 39.5 Å².